The van der Waals surface area contributed by atoms with E-state index in [2.05, 4.69) is 87.8 Å². The third kappa shape index (κ3) is 4.59. The third-order valence-corrected chi connectivity index (χ3v) is 3.34. The van der Waals surface area contributed by atoms with E-state index in [1.54, 1.807) is 0 Å². The standard InChI is InChI=1S/C20H28N2/c1-19(2,3)14-16-15-22(13-9-12-21-20(4,5)6)18-11-8-7-10-17(16)18/h7-13,15H,14H2,1-6H3/b13-9+,21-12?. The number of hydrogen-bond donors (Lipinski definition) is 0. The SMILES string of the molecule is CC(C)(C)Cc1cn(/C=C/C=NC(C)(C)C)c2ccccc12. The molecule has 22 heavy (non-hydrogen) atoms. The van der Waals surface area contributed by atoms with Crippen molar-refractivity contribution in [2.45, 2.75) is 53.5 Å². The molecule has 0 spiro atoms. The van der Waals surface area contributed by atoms with E-state index < -0.39 is 0 Å². The summed E-state index contributed by atoms with van der Waals surface area (Å²) in [6, 6.07) is 8.59. The second kappa shape index (κ2) is 6.12. The van der Waals surface area contributed by atoms with Crippen molar-refractivity contribution in [1.82, 2.24) is 4.57 Å². The van der Waals surface area contributed by atoms with Crippen molar-refractivity contribution in [3.63, 3.8) is 0 Å². The summed E-state index contributed by atoms with van der Waals surface area (Å²) in [5, 5.41) is 1.34. The lowest BCUT2D eigenvalue weighted by molar-refractivity contribution is 0.412. The number of fused-ring (bicyclic) bond motifs is 1. The molecule has 1 heterocycles. The fourth-order valence-electron chi connectivity index (χ4n) is 2.51. The highest BCUT2D eigenvalue weighted by atomic mass is 14.9. The van der Waals surface area contributed by atoms with Crippen LogP contribution in [0.4, 0.5) is 0 Å². The minimum Gasteiger partial charge on any atom is -0.323 e. The largest absolute Gasteiger partial charge is 0.323 e. The second-order valence-electron chi connectivity index (χ2n) is 8.11. The van der Waals surface area contributed by atoms with Crippen molar-refractivity contribution in [3.05, 3.63) is 42.1 Å². The van der Waals surface area contributed by atoms with Crippen LogP contribution in [0.5, 0.6) is 0 Å². The molecule has 0 unspecified atom stereocenters. The van der Waals surface area contributed by atoms with Crippen LogP contribution in [-0.2, 0) is 6.42 Å². The second-order valence-corrected chi connectivity index (χ2v) is 8.11. The average molecular weight is 296 g/mol. The van der Waals surface area contributed by atoms with Crippen LogP contribution in [0.1, 0.15) is 47.1 Å². The highest BCUT2D eigenvalue weighted by Crippen LogP contribution is 2.28. The monoisotopic (exact) mass is 296 g/mol. The fourth-order valence-corrected chi connectivity index (χ4v) is 2.51. The van der Waals surface area contributed by atoms with Gasteiger partial charge in [0.1, 0.15) is 0 Å². The summed E-state index contributed by atoms with van der Waals surface area (Å²) in [6.07, 6.45) is 9.31. The molecule has 1 aromatic heterocycles. The molecule has 1 aromatic carbocycles. The van der Waals surface area contributed by atoms with Gasteiger partial charge in [0.05, 0.1) is 11.1 Å². The first kappa shape index (κ1) is 16.5. The van der Waals surface area contributed by atoms with Crippen LogP contribution in [0.15, 0.2) is 41.5 Å². The molecule has 0 saturated heterocycles. The number of rotatable bonds is 3. The van der Waals surface area contributed by atoms with Gasteiger partial charge in [0, 0.05) is 24.0 Å². The van der Waals surface area contributed by atoms with Crippen LogP contribution < -0.4 is 0 Å². The smallest absolute Gasteiger partial charge is 0.0525 e. The van der Waals surface area contributed by atoms with Gasteiger partial charge >= 0.3 is 0 Å². The molecule has 0 N–H and O–H groups in total. The third-order valence-electron chi connectivity index (χ3n) is 3.34. The molecular weight excluding hydrogens is 268 g/mol. The quantitative estimate of drug-likeness (QED) is 0.659. The maximum absolute atomic E-state index is 4.49. The molecule has 2 heteroatoms. The van der Waals surface area contributed by atoms with Gasteiger partial charge in [-0.1, -0.05) is 39.0 Å². The van der Waals surface area contributed by atoms with E-state index in [4.69, 9.17) is 0 Å². The molecule has 0 atom stereocenters. The van der Waals surface area contributed by atoms with Crippen molar-refractivity contribution >= 4 is 23.3 Å². The predicted molar refractivity (Wildman–Crippen MR) is 98.7 cm³/mol. The van der Waals surface area contributed by atoms with Gasteiger partial charge in [-0.2, -0.15) is 0 Å². The summed E-state index contributed by atoms with van der Waals surface area (Å²) >= 11 is 0. The first-order valence-corrected chi connectivity index (χ1v) is 7.96. The maximum atomic E-state index is 4.49. The van der Waals surface area contributed by atoms with Crippen molar-refractivity contribution in [1.29, 1.82) is 0 Å². The Morgan fingerprint density at radius 3 is 2.36 bits per heavy atom. The number of benzene rings is 1. The lowest BCUT2D eigenvalue weighted by Crippen LogP contribution is -2.08. The molecule has 0 radical (unpaired) electrons. The number of hydrogen-bond acceptors (Lipinski definition) is 1. The molecule has 2 nitrogen and oxygen atoms in total. The predicted octanol–water partition coefficient (Wildman–Crippen LogP) is 5.57. The van der Waals surface area contributed by atoms with Crippen LogP contribution >= 0.6 is 0 Å². The van der Waals surface area contributed by atoms with E-state index in [-0.39, 0.29) is 11.0 Å². The van der Waals surface area contributed by atoms with E-state index in [9.17, 15) is 0 Å². The van der Waals surface area contributed by atoms with Crippen molar-refractivity contribution in [2.75, 3.05) is 0 Å². The molecule has 0 saturated carbocycles. The van der Waals surface area contributed by atoms with Gasteiger partial charge in [0.15, 0.2) is 0 Å². The fraction of sp³-hybridized carbons (Fsp3) is 0.450. The van der Waals surface area contributed by atoms with Gasteiger partial charge in [-0.25, -0.2) is 0 Å². The average Bonchev–Trinajstić information content (AvgIpc) is 2.70. The molecule has 0 bridgehead atoms. The van der Waals surface area contributed by atoms with Crippen LogP contribution in [0.3, 0.4) is 0 Å². The van der Waals surface area contributed by atoms with Crippen LogP contribution in [0.25, 0.3) is 17.1 Å². The maximum Gasteiger partial charge on any atom is 0.0525 e. The Hall–Kier alpha value is -1.83. The molecule has 0 aliphatic carbocycles. The van der Waals surface area contributed by atoms with E-state index in [0.717, 1.165) is 6.42 Å². The van der Waals surface area contributed by atoms with Gasteiger partial charge in [-0.15, -0.1) is 0 Å². The Morgan fingerprint density at radius 2 is 1.73 bits per heavy atom. The molecule has 118 valence electrons. The Labute approximate surface area is 134 Å². The van der Waals surface area contributed by atoms with Crippen LogP contribution in [0.2, 0.25) is 0 Å². The van der Waals surface area contributed by atoms with Gasteiger partial charge in [-0.3, -0.25) is 4.99 Å². The first-order chi connectivity index (χ1) is 10.2. The zero-order chi connectivity index (χ0) is 16.4. The Morgan fingerprint density at radius 1 is 1.05 bits per heavy atom. The van der Waals surface area contributed by atoms with Crippen molar-refractivity contribution < 1.29 is 0 Å². The minimum atomic E-state index is -0.0273. The van der Waals surface area contributed by atoms with Crippen molar-refractivity contribution in [3.8, 4) is 0 Å². The number of allylic oxidation sites excluding steroid dienone is 1. The Bertz CT molecular complexity index is 689. The highest BCUT2D eigenvalue weighted by molar-refractivity contribution is 5.87. The number of aliphatic imine (C=N–C) groups is 1. The van der Waals surface area contributed by atoms with E-state index >= 15 is 0 Å². The zero-order valence-electron chi connectivity index (χ0n) is 14.7. The summed E-state index contributed by atoms with van der Waals surface area (Å²) in [6.45, 7) is 13.2. The summed E-state index contributed by atoms with van der Waals surface area (Å²) < 4.78 is 2.20. The molecule has 0 fully saturated rings. The van der Waals surface area contributed by atoms with Gasteiger partial charge in [0.2, 0.25) is 0 Å². The molecular formula is C20H28N2. The summed E-state index contributed by atoms with van der Waals surface area (Å²) in [7, 11) is 0. The van der Waals surface area contributed by atoms with Gasteiger partial charge in [-0.05, 0) is 50.3 Å². The molecule has 2 aromatic rings. The lowest BCUT2D eigenvalue weighted by atomic mass is 9.88. The molecule has 0 aliphatic rings. The van der Waals surface area contributed by atoms with Gasteiger partial charge in [0.25, 0.3) is 0 Å². The first-order valence-electron chi connectivity index (χ1n) is 7.96. The topological polar surface area (TPSA) is 17.3 Å². The summed E-state index contributed by atoms with van der Waals surface area (Å²) in [5.74, 6) is 0. The van der Waals surface area contributed by atoms with Crippen molar-refractivity contribution in [2.24, 2.45) is 10.4 Å². The van der Waals surface area contributed by atoms with E-state index in [0.29, 0.717) is 0 Å². The highest BCUT2D eigenvalue weighted by Gasteiger charge is 2.15. The van der Waals surface area contributed by atoms with E-state index in [1.165, 1.54) is 16.5 Å². The summed E-state index contributed by atoms with van der Waals surface area (Å²) in [5.41, 5.74) is 2.91. The number of nitrogens with zero attached hydrogens (tertiary/aromatic N) is 2. The normalized spacial score (nSPS) is 13.7. The van der Waals surface area contributed by atoms with Crippen LogP contribution in [0, 0.1) is 5.41 Å². The number of para-hydroxylation sites is 1. The van der Waals surface area contributed by atoms with Crippen LogP contribution in [-0.4, -0.2) is 16.3 Å². The molecule has 0 amide bonds. The van der Waals surface area contributed by atoms with E-state index in [1.807, 2.05) is 12.3 Å². The number of aromatic nitrogens is 1. The molecule has 2 rings (SSSR count). The minimum absolute atomic E-state index is 0.0273. The van der Waals surface area contributed by atoms with Gasteiger partial charge < -0.3 is 4.57 Å². The molecule has 0 aliphatic heterocycles. The Kier molecular flexibility index (Phi) is 4.60. The lowest BCUT2D eigenvalue weighted by Gasteiger charge is -2.17. The Balaban J connectivity index is 2.34. The summed E-state index contributed by atoms with van der Waals surface area (Å²) in [4.78, 5) is 4.49. The zero-order valence-corrected chi connectivity index (χ0v) is 14.7.